The average molecular weight is 415 g/mol. The van der Waals surface area contributed by atoms with E-state index in [0.717, 1.165) is 12.8 Å². The van der Waals surface area contributed by atoms with E-state index in [0.29, 0.717) is 60.5 Å². The van der Waals surface area contributed by atoms with Gasteiger partial charge in [-0.2, -0.15) is 0 Å². The Labute approximate surface area is 174 Å². The van der Waals surface area contributed by atoms with E-state index in [1.165, 1.54) is 0 Å². The van der Waals surface area contributed by atoms with Crippen LogP contribution in [0.15, 0.2) is 42.5 Å². The maximum atomic E-state index is 13.0. The zero-order chi connectivity index (χ0) is 20.2. The summed E-state index contributed by atoms with van der Waals surface area (Å²) >= 11 is 6.09. The second-order valence-electron chi connectivity index (χ2n) is 7.31. The van der Waals surface area contributed by atoms with E-state index in [1.54, 1.807) is 42.5 Å². The minimum absolute atomic E-state index is 0.0240. The maximum absolute atomic E-state index is 13.0. The number of benzene rings is 2. The number of hydrogen-bond donors (Lipinski definition) is 1. The van der Waals surface area contributed by atoms with Gasteiger partial charge >= 0.3 is 0 Å². The molecule has 4 rings (SSSR count). The zero-order valence-electron chi connectivity index (χ0n) is 16.0. The highest BCUT2D eigenvalue weighted by Gasteiger charge is 2.26. The molecule has 0 aliphatic carbocycles. The molecule has 152 valence electrons. The van der Waals surface area contributed by atoms with E-state index in [4.69, 9.17) is 21.1 Å². The minimum atomic E-state index is -0.189. The predicted molar refractivity (Wildman–Crippen MR) is 110 cm³/mol. The quantitative estimate of drug-likeness (QED) is 0.832. The number of nitrogens with one attached hydrogen (secondary N) is 1. The Morgan fingerprint density at radius 2 is 1.90 bits per heavy atom. The predicted octanol–water partition coefficient (Wildman–Crippen LogP) is 3.39. The van der Waals surface area contributed by atoms with E-state index in [-0.39, 0.29) is 17.7 Å². The smallest absolute Gasteiger partial charge is 0.254 e. The van der Waals surface area contributed by atoms with Crippen LogP contribution in [0.25, 0.3) is 0 Å². The molecule has 29 heavy (non-hydrogen) atoms. The van der Waals surface area contributed by atoms with Crippen LogP contribution in [0.5, 0.6) is 11.5 Å². The lowest BCUT2D eigenvalue weighted by atomic mass is 9.97. The highest BCUT2D eigenvalue weighted by atomic mass is 35.5. The number of halogens is 1. The fourth-order valence-corrected chi connectivity index (χ4v) is 3.97. The number of hydrogen-bond acceptors (Lipinski definition) is 4. The van der Waals surface area contributed by atoms with E-state index >= 15 is 0 Å². The lowest BCUT2D eigenvalue weighted by molar-refractivity contribution is 0.0670. The number of carbonyl (C=O) groups excluding carboxylic acids is 2. The van der Waals surface area contributed by atoms with Crippen LogP contribution in [0.2, 0.25) is 5.02 Å². The molecule has 1 unspecified atom stereocenters. The number of ether oxygens (including phenoxy) is 2. The first-order chi connectivity index (χ1) is 14.1. The highest BCUT2D eigenvalue weighted by molar-refractivity contribution is 6.33. The molecule has 2 aromatic rings. The van der Waals surface area contributed by atoms with Crippen LogP contribution in [0.3, 0.4) is 0 Å². The van der Waals surface area contributed by atoms with Crippen molar-refractivity contribution in [3.8, 4) is 11.5 Å². The van der Waals surface area contributed by atoms with Gasteiger partial charge in [-0.05, 0) is 49.1 Å². The molecule has 0 aromatic heterocycles. The van der Waals surface area contributed by atoms with Gasteiger partial charge in [-0.1, -0.05) is 23.7 Å². The lowest BCUT2D eigenvalue weighted by Gasteiger charge is -2.33. The summed E-state index contributed by atoms with van der Waals surface area (Å²) in [6.07, 6.45) is 1.87. The summed E-state index contributed by atoms with van der Waals surface area (Å²) in [6.45, 7) is 2.84. The molecule has 2 amide bonds. The van der Waals surface area contributed by atoms with Gasteiger partial charge in [-0.25, -0.2) is 0 Å². The first kappa shape index (κ1) is 19.6. The van der Waals surface area contributed by atoms with Gasteiger partial charge in [0, 0.05) is 25.2 Å². The van der Waals surface area contributed by atoms with Gasteiger partial charge < -0.3 is 19.7 Å². The Morgan fingerprint density at radius 3 is 2.72 bits per heavy atom. The molecule has 2 heterocycles. The highest BCUT2D eigenvalue weighted by Crippen LogP contribution is 2.31. The molecule has 1 N–H and O–H groups in total. The Bertz CT molecular complexity index is 917. The first-order valence-corrected chi connectivity index (χ1v) is 10.2. The van der Waals surface area contributed by atoms with Crippen LogP contribution < -0.4 is 14.8 Å². The third-order valence-corrected chi connectivity index (χ3v) is 5.59. The molecule has 0 radical (unpaired) electrons. The Kier molecular flexibility index (Phi) is 5.90. The van der Waals surface area contributed by atoms with Crippen LogP contribution in [-0.4, -0.2) is 49.6 Å². The minimum Gasteiger partial charge on any atom is -0.486 e. The molecule has 6 nitrogen and oxygen atoms in total. The number of nitrogens with zero attached hydrogens (tertiary/aromatic N) is 1. The van der Waals surface area contributed by atoms with Crippen molar-refractivity contribution in [1.29, 1.82) is 0 Å². The largest absolute Gasteiger partial charge is 0.486 e. The molecule has 2 aliphatic heterocycles. The van der Waals surface area contributed by atoms with E-state index in [1.807, 2.05) is 4.90 Å². The summed E-state index contributed by atoms with van der Waals surface area (Å²) in [7, 11) is 0. The fraction of sp³-hybridized carbons (Fsp3) is 0.364. The number of fused-ring (bicyclic) bond motifs is 1. The summed E-state index contributed by atoms with van der Waals surface area (Å²) in [5.74, 6) is 1.28. The average Bonchev–Trinajstić information content (AvgIpc) is 2.77. The Morgan fingerprint density at radius 1 is 1.10 bits per heavy atom. The summed E-state index contributed by atoms with van der Waals surface area (Å²) in [4.78, 5) is 27.2. The molecule has 2 aliphatic rings. The number of piperidine rings is 1. The standard InChI is InChI=1S/C22H23ClN2O4/c23-18-6-2-1-5-17(18)21(26)24-13-15-4-3-9-25(14-15)22(27)16-7-8-19-20(12-16)29-11-10-28-19/h1-2,5-8,12,15H,3-4,9-11,13-14H2,(H,24,26). The van der Waals surface area contributed by atoms with E-state index in [9.17, 15) is 9.59 Å². The number of amides is 2. The third-order valence-electron chi connectivity index (χ3n) is 5.27. The molecule has 1 saturated heterocycles. The van der Waals surface area contributed by atoms with Crippen LogP contribution in [0, 0.1) is 5.92 Å². The van der Waals surface area contributed by atoms with Gasteiger partial charge in [0.15, 0.2) is 11.5 Å². The maximum Gasteiger partial charge on any atom is 0.254 e. The second kappa shape index (κ2) is 8.74. The van der Waals surface area contributed by atoms with Gasteiger partial charge in [0.25, 0.3) is 11.8 Å². The number of likely N-dealkylation sites (tertiary alicyclic amines) is 1. The van der Waals surface area contributed by atoms with Crippen molar-refractivity contribution in [1.82, 2.24) is 10.2 Å². The molecule has 0 saturated carbocycles. The van der Waals surface area contributed by atoms with Crippen molar-refractivity contribution >= 4 is 23.4 Å². The monoisotopic (exact) mass is 414 g/mol. The number of carbonyl (C=O) groups is 2. The van der Waals surface area contributed by atoms with Crippen LogP contribution in [-0.2, 0) is 0 Å². The van der Waals surface area contributed by atoms with Gasteiger partial charge in [-0.3, -0.25) is 9.59 Å². The van der Waals surface area contributed by atoms with E-state index in [2.05, 4.69) is 5.32 Å². The van der Waals surface area contributed by atoms with Gasteiger partial charge in [-0.15, -0.1) is 0 Å². The molecule has 0 bridgehead atoms. The first-order valence-electron chi connectivity index (χ1n) is 9.83. The van der Waals surface area contributed by atoms with Crippen molar-refractivity contribution in [2.24, 2.45) is 5.92 Å². The van der Waals surface area contributed by atoms with Crippen molar-refractivity contribution in [3.05, 3.63) is 58.6 Å². The summed E-state index contributed by atoms with van der Waals surface area (Å²) in [5.41, 5.74) is 1.06. The van der Waals surface area contributed by atoms with Crippen molar-refractivity contribution in [2.45, 2.75) is 12.8 Å². The molecule has 2 aromatic carbocycles. The zero-order valence-corrected chi connectivity index (χ0v) is 16.8. The van der Waals surface area contributed by atoms with Crippen LogP contribution >= 0.6 is 11.6 Å². The number of rotatable bonds is 4. The summed E-state index contributed by atoms with van der Waals surface area (Å²) in [6, 6.07) is 12.3. The van der Waals surface area contributed by atoms with Crippen molar-refractivity contribution < 1.29 is 19.1 Å². The molecule has 0 spiro atoms. The van der Waals surface area contributed by atoms with Gasteiger partial charge in [0.05, 0.1) is 10.6 Å². The molecular formula is C22H23ClN2O4. The normalized spacial score (nSPS) is 18.2. The Balaban J connectivity index is 1.36. The summed E-state index contributed by atoms with van der Waals surface area (Å²) < 4.78 is 11.1. The van der Waals surface area contributed by atoms with Crippen LogP contribution in [0.4, 0.5) is 0 Å². The fourth-order valence-electron chi connectivity index (χ4n) is 3.75. The second-order valence-corrected chi connectivity index (χ2v) is 7.71. The SMILES string of the molecule is O=C(NCC1CCCN(C(=O)c2ccc3c(c2)OCCO3)C1)c1ccccc1Cl. The van der Waals surface area contributed by atoms with Gasteiger partial charge in [0.1, 0.15) is 13.2 Å². The van der Waals surface area contributed by atoms with E-state index < -0.39 is 0 Å². The van der Waals surface area contributed by atoms with Crippen molar-refractivity contribution in [2.75, 3.05) is 32.8 Å². The summed E-state index contributed by atoms with van der Waals surface area (Å²) in [5, 5.41) is 3.39. The molecule has 1 fully saturated rings. The lowest BCUT2D eigenvalue weighted by Crippen LogP contribution is -2.43. The topological polar surface area (TPSA) is 67.9 Å². The molecular weight excluding hydrogens is 392 g/mol. The van der Waals surface area contributed by atoms with Gasteiger partial charge in [0.2, 0.25) is 0 Å². The third kappa shape index (κ3) is 4.48. The van der Waals surface area contributed by atoms with Crippen molar-refractivity contribution in [3.63, 3.8) is 0 Å². The molecule has 7 heteroatoms. The molecule has 1 atom stereocenters. The van der Waals surface area contributed by atoms with Crippen LogP contribution in [0.1, 0.15) is 33.6 Å². The Hall–Kier alpha value is -2.73.